The van der Waals surface area contributed by atoms with Crippen molar-refractivity contribution in [3.63, 3.8) is 0 Å². The van der Waals surface area contributed by atoms with Gasteiger partial charge >= 0.3 is 0 Å². The molecule has 5 atom stereocenters. The maximum atomic E-state index is 14.0. The molecule has 3 aliphatic rings. The van der Waals surface area contributed by atoms with Gasteiger partial charge in [0.05, 0.1) is 69.0 Å². The molecule has 3 aromatic carbocycles. The van der Waals surface area contributed by atoms with Gasteiger partial charge in [0.25, 0.3) is 5.91 Å². The normalized spacial score (nSPS) is 21.8. The van der Waals surface area contributed by atoms with Crippen molar-refractivity contribution in [2.45, 2.75) is 124 Å². The number of nitrogens with zero attached hydrogens (tertiary/aromatic N) is 2. The first-order chi connectivity index (χ1) is 33.8. The number of hydrogen-bond donors (Lipinski definition) is 3. The summed E-state index contributed by atoms with van der Waals surface area (Å²) in [5, 5.41) is 19.0. The van der Waals surface area contributed by atoms with Gasteiger partial charge in [0.1, 0.15) is 42.4 Å². The Labute approximate surface area is 424 Å². The Bertz CT molecular complexity index is 2330. The predicted octanol–water partition coefficient (Wildman–Crippen LogP) is 7.62. The minimum atomic E-state index is -0.755. The standard InChI is InChI=1S/C55H74ClN5O10/c1-10-35(2)47(62)59-46(53(3,4)5)50(65)61-23-13-16-43(61)49(64)58-45-41-15-12-11-14-37(41)32-44(45)70-31-29-68-27-25-66-24-26-67-28-30-69-39-20-17-36(18-21-39)48(63)60-51-54(6,7)52(55(51,8)9)71-40-22-19-38(34-57)42(56)33-40/h11-12,14-15,17-22,33,35,43-46,51-52H,10,13,16,23-32H2,1-9H3,(H,58,64)(H,59,62)(H,60,63)/t35-,43+,44-,45+,46-,51?,52?/m1/s1. The molecule has 1 saturated carbocycles. The van der Waals surface area contributed by atoms with Crippen molar-refractivity contribution in [3.8, 4) is 17.6 Å². The minimum Gasteiger partial charge on any atom is -0.491 e. The highest BCUT2D eigenvalue weighted by Crippen LogP contribution is 2.55. The number of benzene rings is 3. The van der Waals surface area contributed by atoms with Gasteiger partial charge in [-0.15, -0.1) is 0 Å². The third-order valence-corrected chi connectivity index (χ3v) is 14.4. The molecule has 4 amide bonds. The molecule has 1 heterocycles. The largest absolute Gasteiger partial charge is 0.491 e. The summed E-state index contributed by atoms with van der Waals surface area (Å²) in [5.41, 5.74) is 1.71. The topological polar surface area (TPSA) is 187 Å². The summed E-state index contributed by atoms with van der Waals surface area (Å²) >= 11 is 6.24. The van der Waals surface area contributed by atoms with Crippen molar-refractivity contribution >= 4 is 35.2 Å². The number of carbonyl (C=O) groups is 4. The van der Waals surface area contributed by atoms with E-state index in [2.05, 4.69) is 49.7 Å². The van der Waals surface area contributed by atoms with Crippen LogP contribution >= 0.6 is 11.6 Å². The first kappa shape index (κ1) is 55.1. The molecule has 0 radical (unpaired) electrons. The lowest BCUT2D eigenvalue weighted by atomic mass is 9.49. The van der Waals surface area contributed by atoms with E-state index in [4.69, 9.17) is 40.0 Å². The van der Waals surface area contributed by atoms with E-state index in [1.165, 1.54) is 0 Å². The van der Waals surface area contributed by atoms with Crippen LogP contribution in [0.15, 0.2) is 66.7 Å². The lowest BCUT2D eigenvalue weighted by Crippen LogP contribution is -2.74. The Morgan fingerprint density at radius 2 is 1.46 bits per heavy atom. The molecule has 71 heavy (non-hydrogen) atoms. The fraction of sp³-hybridized carbons (Fsp3) is 0.582. The monoisotopic (exact) mass is 1000 g/mol. The molecule has 16 heteroatoms. The molecule has 0 spiro atoms. The average molecular weight is 1000 g/mol. The lowest BCUT2D eigenvalue weighted by Gasteiger charge is -2.63. The van der Waals surface area contributed by atoms with Crippen molar-refractivity contribution in [3.05, 3.63) is 94.0 Å². The number of nitrogens with one attached hydrogen (secondary N) is 3. The lowest BCUT2D eigenvalue weighted by molar-refractivity contribution is -0.164. The molecule has 2 aliphatic carbocycles. The average Bonchev–Trinajstić information content (AvgIpc) is 3.97. The first-order valence-electron chi connectivity index (χ1n) is 25.0. The van der Waals surface area contributed by atoms with Gasteiger partial charge in [0, 0.05) is 47.4 Å². The van der Waals surface area contributed by atoms with Crippen LogP contribution < -0.4 is 25.4 Å². The molecule has 3 aromatic rings. The number of ether oxygens (including phenoxy) is 6. The zero-order valence-electron chi connectivity index (χ0n) is 42.9. The Morgan fingerprint density at radius 3 is 2.08 bits per heavy atom. The quantitative estimate of drug-likeness (QED) is 0.0750. The van der Waals surface area contributed by atoms with Gasteiger partial charge in [0.2, 0.25) is 17.7 Å². The van der Waals surface area contributed by atoms with Gasteiger partial charge in [-0.25, -0.2) is 0 Å². The van der Waals surface area contributed by atoms with E-state index >= 15 is 0 Å². The second kappa shape index (κ2) is 24.5. The molecule has 386 valence electrons. The Kier molecular flexibility index (Phi) is 19.0. The number of fused-ring (bicyclic) bond motifs is 1. The molecule has 1 saturated heterocycles. The zero-order chi connectivity index (χ0) is 51.5. The number of rotatable bonds is 24. The number of nitriles is 1. The van der Waals surface area contributed by atoms with Gasteiger partial charge in [-0.1, -0.05) is 98.2 Å². The molecule has 2 fully saturated rings. The number of carbonyl (C=O) groups excluding carboxylic acids is 4. The second-order valence-electron chi connectivity index (χ2n) is 21.1. The van der Waals surface area contributed by atoms with E-state index in [0.717, 1.165) is 11.1 Å². The molecule has 6 rings (SSSR count). The highest BCUT2D eigenvalue weighted by atomic mass is 35.5. The molecular weight excluding hydrogens is 926 g/mol. The van der Waals surface area contributed by atoms with Crippen LogP contribution in [0.25, 0.3) is 0 Å². The molecule has 15 nitrogen and oxygen atoms in total. The van der Waals surface area contributed by atoms with E-state index in [-0.39, 0.29) is 64.7 Å². The van der Waals surface area contributed by atoms with Gasteiger partial charge in [0.15, 0.2) is 0 Å². The highest BCUT2D eigenvalue weighted by molar-refractivity contribution is 6.31. The summed E-state index contributed by atoms with van der Waals surface area (Å²) in [6.45, 7) is 21.2. The van der Waals surface area contributed by atoms with Crippen LogP contribution in [0.3, 0.4) is 0 Å². The van der Waals surface area contributed by atoms with Crippen LogP contribution in [-0.4, -0.2) is 118 Å². The summed E-state index contributed by atoms with van der Waals surface area (Å²) in [5.74, 6) is 0.181. The molecular formula is C55H74ClN5O10. The van der Waals surface area contributed by atoms with E-state index in [1.54, 1.807) is 47.4 Å². The molecule has 1 aliphatic heterocycles. The third kappa shape index (κ3) is 13.6. The summed E-state index contributed by atoms with van der Waals surface area (Å²) in [6, 6.07) is 20.2. The first-order valence-corrected chi connectivity index (χ1v) is 25.4. The summed E-state index contributed by atoms with van der Waals surface area (Å²) in [7, 11) is 0. The summed E-state index contributed by atoms with van der Waals surface area (Å²) in [4.78, 5) is 55.9. The molecule has 3 N–H and O–H groups in total. The Hall–Kier alpha value is -5.24. The van der Waals surface area contributed by atoms with Crippen molar-refractivity contribution < 1.29 is 47.6 Å². The van der Waals surface area contributed by atoms with E-state index in [0.29, 0.717) is 113 Å². The van der Waals surface area contributed by atoms with Crippen molar-refractivity contribution in [2.24, 2.45) is 22.2 Å². The summed E-state index contributed by atoms with van der Waals surface area (Å²) in [6.07, 6.45) is 2.04. The fourth-order valence-electron chi connectivity index (χ4n) is 10.3. The zero-order valence-corrected chi connectivity index (χ0v) is 43.7. The highest BCUT2D eigenvalue weighted by Gasteiger charge is 2.64. The van der Waals surface area contributed by atoms with E-state index < -0.39 is 17.5 Å². The van der Waals surface area contributed by atoms with Gasteiger partial charge in [-0.3, -0.25) is 19.2 Å². The van der Waals surface area contributed by atoms with Gasteiger partial charge in [-0.2, -0.15) is 5.26 Å². The van der Waals surface area contributed by atoms with Gasteiger partial charge in [-0.05, 0) is 72.2 Å². The van der Waals surface area contributed by atoms with Crippen LogP contribution in [-0.2, 0) is 39.8 Å². The number of amides is 4. The van der Waals surface area contributed by atoms with Crippen LogP contribution in [0.1, 0.15) is 115 Å². The van der Waals surface area contributed by atoms with Crippen LogP contribution in [0.4, 0.5) is 0 Å². The van der Waals surface area contributed by atoms with Gasteiger partial charge < -0.3 is 49.3 Å². The molecule has 0 unspecified atom stereocenters. The molecule has 0 bridgehead atoms. The fourth-order valence-corrected chi connectivity index (χ4v) is 10.5. The maximum Gasteiger partial charge on any atom is 0.251 e. The number of hydrogen-bond acceptors (Lipinski definition) is 11. The SMILES string of the molecule is CC[C@@H](C)C(=O)N[C@H](C(=O)N1CCC[C@H]1C(=O)N[C@H]1c2ccccc2C[C@H]1OCCOCCOCCOCCOc1ccc(C(=O)NC2C(C)(C)C(Oc3ccc(C#N)c(Cl)c3)C2(C)C)cc1)C(C)(C)C. The van der Waals surface area contributed by atoms with E-state index in [9.17, 15) is 24.4 Å². The molecule has 0 aromatic heterocycles. The summed E-state index contributed by atoms with van der Waals surface area (Å²) < 4.78 is 35.6. The smallest absolute Gasteiger partial charge is 0.251 e. The third-order valence-electron chi connectivity index (χ3n) is 14.1. The van der Waals surface area contributed by atoms with Crippen molar-refractivity contribution in [2.75, 3.05) is 59.4 Å². The van der Waals surface area contributed by atoms with Crippen LogP contribution in [0, 0.1) is 33.5 Å². The van der Waals surface area contributed by atoms with Crippen LogP contribution in [0.2, 0.25) is 5.02 Å². The number of halogens is 1. The Morgan fingerprint density at radius 1 is 0.845 bits per heavy atom. The van der Waals surface area contributed by atoms with Crippen LogP contribution in [0.5, 0.6) is 11.5 Å². The second-order valence-corrected chi connectivity index (χ2v) is 21.5. The van der Waals surface area contributed by atoms with Crippen molar-refractivity contribution in [1.82, 2.24) is 20.9 Å². The Balaban J connectivity index is 0.837. The minimum absolute atomic E-state index is 0.160. The predicted molar refractivity (Wildman–Crippen MR) is 270 cm³/mol. The van der Waals surface area contributed by atoms with Crippen molar-refractivity contribution in [1.29, 1.82) is 5.26 Å². The maximum absolute atomic E-state index is 14.0. The number of likely N-dealkylation sites (tertiary alicyclic amines) is 1. The van der Waals surface area contributed by atoms with E-state index in [1.807, 2.05) is 58.9 Å².